The molecule has 1 aliphatic carbocycles. The first-order chi connectivity index (χ1) is 7.70. The van der Waals surface area contributed by atoms with Gasteiger partial charge in [0.1, 0.15) is 0 Å². The summed E-state index contributed by atoms with van der Waals surface area (Å²) in [5.41, 5.74) is 0.526. The molecule has 1 aromatic heterocycles. The van der Waals surface area contributed by atoms with Crippen molar-refractivity contribution in [3.05, 3.63) is 29.0 Å². The fourth-order valence-electron chi connectivity index (χ4n) is 2.19. The van der Waals surface area contributed by atoms with Crippen LogP contribution in [0.25, 0.3) is 0 Å². The average molecular weight is 241 g/mol. The van der Waals surface area contributed by atoms with Gasteiger partial charge in [-0.15, -0.1) is 0 Å². The second kappa shape index (κ2) is 5.13. The van der Waals surface area contributed by atoms with Gasteiger partial charge in [0, 0.05) is 25.5 Å². The Bertz CT molecular complexity index is 351. The lowest BCUT2D eigenvalue weighted by molar-refractivity contribution is 0.0475. The van der Waals surface area contributed by atoms with E-state index >= 15 is 0 Å². The van der Waals surface area contributed by atoms with Crippen LogP contribution in [0.4, 0.5) is 0 Å². The van der Waals surface area contributed by atoms with Gasteiger partial charge < -0.3 is 10.4 Å². The first-order valence-corrected chi connectivity index (χ1v) is 6.09. The van der Waals surface area contributed by atoms with Crippen LogP contribution in [0.1, 0.15) is 31.2 Å². The van der Waals surface area contributed by atoms with Gasteiger partial charge in [-0.3, -0.25) is 4.98 Å². The van der Waals surface area contributed by atoms with Crippen LogP contribution in [-0.2, 0) is 6.54 Å². The summed E-state index contributed by atoms with van der Waals surface area (Å²) in [5, 5.41) is 14.1. The molecule has 2 N–H and O–H groups in total. The predicted octanol–water partition coefficient (Wildman–Crippen LogP) is 2.13. The van der Waals surface area contributed by atoms with Gasteiger partial charge in [0.25, 0.3) is 0 Å². The number of pyridine rings is 1. The summed E-state index contributed by atoms with van der Waals surface area (Å²) in [5.74, 6) is 0. The number of aromatic nitrogens is 1. The largest absolute Gasteiger partial charge is 0.389 e. The zero-order chi connectivity index (χ0) is 11.4. The van der Waals surface area contributed by atoms with Crippen LogP contribution >= 0.6 is 11.6 Å². The molecule has 0 bridgehead atoms. The van der Waals surface area contributed by atoms with E-state index in [4.69, 9.17) is 11.6 Å². The minimum atomic E-state index is -0.500. The van der Waals surface area contributed by atoms with Crippen LogP contribution in [0.2, 0.25) is 5.02 Å². The molecule has 0 aromatic carbocycles. The molecule has 0 radical (unpaired) electrons. The fourth-order valence-corrected chi connectivity index (χ4v) is 2.37. The minimum Gasteiger partial charge on any atom is -0.389 e. The normalized spacial score (nSPS) is 18.9. The highest BCUT2D eigenvalue weighted by Crippen LogP contribution is 2.28. The van der Waals surface area contributed by atoms with Crippen LogP contribution in [0.5, 0.6) is 0 Å². The van der Waals surface area contributed by atoms with Crippen molar-refractivity contribution in [2.75, 3.05) is 6.54 Å². The molecule has 0 aliphatic heterocycles. The molecule has 1 aromatic rings. The monoisotopic (exact) mass is 240 g/mol. The van der Waals surface area contributed by atoms with Gasteiger partial charge >= 0.3 is 0 Å². The summed E-state index contributed by atoms with van der Waals surface area (Å²) in [4.78, 5) is 3.93. The van der Waals surface area contributed by atoms with Gasteiger partial charge in [-0.05, 0) is 24.5 Å². The lowest BCUT2D eigenvalue weighted by Crippen LogP contribution is -2.37. The van der Waals surface area contributed by atoms with Crippen LogP contribution < -0.4 is 5.32 Å². The van der Waals surface area contributed by atoms with E-state index in [1.165, 1.54) is 0 Å². The van der Waals surface area contributed by atoms with E-state index in [-0.39, 0.29) is 0 Å². The highest BCUT2D eigenvalue weighted by Gasteiger charge is 2.30. The van der Waals surface area contributed by atoms with Crippen molar-refractivity contribution in [3.8, 4) is 0 Å². The first-order valence-electron chi connectivity index (χ1n) is 5.71. The number of halogens is 1. The highest BCUT2D eigenvalue weighted by atomic mass is 35.5. The topological polar surface area (TPSA) is 45.1 Å². The molecule has 2 rings (SSSR count). The molecular weight excluding hydrogens is 224 g/mol. The molecule has 1 saturated carbocycles. The van der Waals surface area contributed by atoms with E-state index in [1.54, 1.807) is 12.4 Å². The molecular formula is C12H17ClN2O. The SMILES string of the molecule is OC1(CNCc2ccncc2Cl)CCCC1. The highest BCUT2D eigenvalue weighted by molar-refractivity contribution is 6.31. The van der Waals surface area contributed by atoms with Crippen molar-refractivity contribution >= 4 is 11.6 Å². The summed E-state index contributed by atoms with van der Waals surface area (Å²) in [6.45, 7) is 1.33. The third-order valence-corrected chi connectivity index (χ3v) is 3.50. The summed E-state index contributed by atoms with van der Waals surface area (Å²) in [7, 11) is 0. The van der Waals surface area contributed by atoms with Crippen molar-refractivity contribution in [1.29, 1.82) is 0 Å². The molecule has 1 aliphatic rings. The Labute approximate surface area is 101 Å². The Morgan fingerprint density at radius 3 is 2.88 bits per heavy atom. The number of nitrogens with zero attached hydrogens (tertiary/aromatic N) is 1. The summed E-state index contributed by atoms with van der Waals surface area (Å²) >= 11 is 5.99. The molecule has 3 nitrogen and oxygen atoms in total. The Balaban J connectivity index is 1.82. The molecule has 0 atom stereocenters. The molecule has 88 valence electrons. The maximum atomic E-state index is 10.1. The molecule has 0 spiro atoms. The molecule has 0 unspecified atom stereocenters. The van der Waals surface area contributed by atoms with E-state index in [2.05, 4.69) is 10.3 Å². The molecule has 1 fully saturated rings. The van der Waals surface area contributed by atoms with E-state index in [9.17, 15) is 5.11 Å². The zero-order valence-corrected chi connectivity index (χ0v) is 10.0. The zero-order valence-electron chi connectivity index (χ0n) is 9.25. The second-order valence-electron chi connectivity index (χ2n) is 4.50. The van der Waals surface area contributed by atoms with Crippen LogP contribution in [0, 0.1) is 0 Å². The number of hydrogen-bond donors (Lipinski definition) is 2. The van der Waals surface area contributed by atoms with Crippen LogP contribution in [-0.4, -0.2) is 22.2 Å². The quantitative estimate of drug-likeness (QED) is 0.848. The number of rotatable bonds is 4. The average Bonchev–Trinajstić information content (AvgIpc) is 2.68. The molecule has 4 heteroatoms. The Morgan fingerprint density at radius 2 is 2.19 bits per heavy atom. The number of nitrogens with one attached hydrogen (secondary N) is 1. The third kappa shape index (κ3) is 2.94. The van der Waals surface area contributed by atoms with Gasteiger partial charge in [0.2, 0.25) is 0 Å². The number of aliphatic hydroxyl groups is 1. The molecule has 1 heterocycles. The standard InChI is InChI=1S/C12H17ClN2O/c13-11-8-14-6-3-10(11)7-15-9-12(16)4-1-2-5-12/h3,6,8,15-16H,1-2,4-5,7,9H2. The van der Waals surface area contributed by atoms with Crippen LogP contribution in [0.3, 0.4) is 0 Å². The van der Waals surface area contributed by atoms with Crippen molar-refractivity contribution in [3.63, 3.8) is 0 Å². The number of hydrogen-bond acceptors (Lipinski definition) is 3. The van der Waals surface area contributed by atoms with Crippen LogP contribution in [0.15, 0.2) is 18.5 Å². The van der Waals surface area contributed by atoms with E-state index in [0.29, 0.717) is 18.1 Å². The van der Waals surface area contributed by atoms with E-state index in [1.807, 2.05) is 6.07 Å². The third-order valence-electron chi connectivity index (χ3n) is 3.16. The summed E-state index contributed by atoms with van der Waals surface area (Å²) in [6.07, 6.45) is 7.45. The second-order valence-corrected chi connectivity index (χ2v) is 4.91. The molecule has 0 amide bonds. The van der Waals surface area contributed by atoms with Crippen molar-refractivity contribution in [2.45, 2.75) is 37.8 Å². The van der Waals surface area contributed by atoms with E-state index < -0.39 is 5.60 Å². The van der Waals surface area contributed by atoms with Gasteiger partial charge in [-0.2, -0.15) is 0 Å². The van der Waals surface area contributed by atoms with Crippen molar-refractivity contribution in [2.24, 2.45) is 0 Å². The Morgan fingerprint density at radius 1 is 1.44 bits per heavy atom. The predicted molar refractivity (Wildman–Crippen MR) is 64.4 cm³/mol. The van der Waals surface area contributed by atoms with Gasteiger partial charge in [-0.1, -0.05) is 24.4 Å². The van der Waals surface area contributed by atoms with Gasteiger partial charge in [0.15, 0.2) is 0 Å². The van der Waals surface area contributed by atoms with Crippen molar-refractivity contribution in [1.82, 2.24) is 10.3 Å². The first kappa shape index (κ1) is 11.8. The minimum absolute atomic E-state index is 0.500. The maximum absolute atomic E-state index is 10.1. The maximum Gasteiger partial charge on any atom is 0.0771 e. The Kier molecular flexibility index (Phi) is 3.79. The van der Waals surface area contributed by atoms with Gasteiger partial charge in [-0.25, -0.2) is 0 Å². The summed E-state index contributed by atoms with van der Waals surface area (Å²) < 4.78 is 0. The summed E-state index contributed by atoms with van der Waals surface area (Å²) in [6, 6.07) is 1.90. The Hall–Kier alpha value is -0.640. The van der Waals surface area contributed by atoms with Gasteiger partial charge in [0.05, 0.1) is 10.6 Å². The van der Waals surface area contributed by atoms with Crippen molar-refractivity contribution < 1.29 is 5.11 Å². The molecule has 16 heavy (non-hydrogen) atoms. The van der Waals surface area contributed by atoms with E-state index in [0.717, 1.165) is 31.2 Å². The lowest BCUT2D eigenvalue weighted by atomic mass is 10.0. The molecule has 0 saturated heterocycles. The fraction of sp³-hybridized carbons (Fsp3) is 0.583. The smallest absolute Gasteiger partial charge is 0.0771 e. The lowest BCUT2D eigenvalue weighted by Gasteiger charge is -2.22.